The van der Waals surface area contributed by atoms with Crippen LogP contribution in [0.4, 0.5) is 4.39 Å². The molecule has 0 fully saturated rings. The second-order valence-electron chi connectivity index (χ2n) is 9.25. The molecule has 0 aliphatic rings. The minimum Gasteiger partial charge on any atom is -0.491 e. The second-order valence-corrected chi connectivity index (χ2v) is 9.66. The first-order valence-corrected chi connectivity index (χ1v) is 11.8. The number of rotatable bonds is 9. The van der Waals surface area contributed by atoms with Gasteiger partial charge >= 0.3 is 0 Å². The summed E-state index contributed by atoms with van der Waals surface area (Å²) < 4.78 is 22.4. The van der Waals surface area contributed by atoms with Gasteiger partial charge in [-0.15, -0.1) is 0 Å². The van der Waals surface area contributed by atoms with E-state index in [4.69, 9.17) is 16.3 Å². The molecular formula is C26H30ClFN2O5. The van der Waals surface area contributed by atoms with E-state index >= 15 is 0 Å². The normalized spacial score (nSPS) is 13.1. The van der Waals surface area contributed by atoms with E-state index in [2.05, 4.69) is 0 Å². The van der Waals surface area contributed by atoms with E-state index in [1.165, 1.54) is 12.3 Å². The standard InChI is InChI=1S/C26H30ClFN2O5/c1-15(2)8-20(14-31)29-12-19(13-30(33)34)26(32)21-10-18(24(11-23(21)29)35-16(3)4)9-17-6-5-7-22(27)25(17)28/h5-7,10-13,15-16,20,31H,8-9,14H2,1-4H3,(H,33,34)/t20-/m0/s1. The lowest BCUT2D eigenvalue weighted by Crippen LogP contribution is -2.23. The number of hydrogen-bond acceptors (Lipinski definition) is 5. The van der Waals surface area contributed by atoms with Gasteiger partial charge in [0.2, 0.25) is 11.6 Å². The second kappa shape index (κ2) is 11.1. The predicted octanol–water partition coefficient (Wildman–Crippen LogP) is 5.07. The number of halogens is 2. The maximum absolute atomic E-state index is 14.7. The summed E-state index contributed by atoms with van der Waals surface area (Å²) in [5.41, 5.74) is 0.849. The Kier molecular flexibility index (Phi) is 8.40. The highest BCUT2D eigenvalue weighted by molar-refractivity contribution is 6.30. The van der Waals surface area contributed by atoms with Crippen molar-refractivity contribution in [1.29, 1.82) is 0 Å². The summed E-state index contributed by atoms with van der Waals surface area (Å²) in [6, 6.07) is 7.63. The van der Waals surface area contributed by atoms with Crippen molar-refractivity contribution >= 4 is 28.7 Å². The van der Waals surface area contributed by atoms with Gasteiger partial charge in [0.15, 0.2) is 0 Å². The number of aliphatic hydroxyl groups is 1. The Morgan fingerprint density at radius 2 is 1.94 bits per heavy atom. The monoisotopic (exact) mass is 504 g/mol. The van der Waals surface area contributed by atoms with Crippen molar-refractivity contribution in [3.8, 4) is 5.75 Å². The topological polar surface area (TPSA) is 97.8 Å². The van der Waals surface area contributed by atoms with Crippen LogP contribution in [0.25, 0.3) is 10.9 Å². The van der Waals surface area contributed by atoms with E-state index in [1.54, 1.807) is 28.8 Å². The lowest BCUT2D eigenvalue weighted by molar-refractivity contribution is -0.722. The molecule has 0 aliphatic heterocycles. The molecule has 2 aromatic carbocycles. The predicted molar refractivity (Wildman–Crippen MR) is 134 cm³/mol. The van der Waals surface area contributed by atoms with E-state index in [1.807, 2.05) is 27.7 Å². The molecule has 3 aromatic rings. The van der Waals surface area contributed by atoms with Gasteiger partial charge in [-0.25, -0.2) is 4.39 Å². The zero-order valence-corrected chi connectivity index (χ0v) is 20.9. The number of pyridine rings is 1. The molecule has 2 N–H and O–H groups in total. The minimum absolute atomic E-state index is 0.00758. The number of hydrogen-bond donors (Lipinski definition) is 2. The quantitative estimate of drug-likeness (QED) is 0.183. The molecule has 1 heterocycles. The van der Waals surface area contributed by atoms with Crippen LogP contribution < -0.4 is 10.2 Å². The van der Waals surface area contributed by atoms with Crippen LogP contribution in [-0.4, -0.2) is 38.7 Å². The van der Waals surface area contributed by atoms with Crippen molar-refractivity contribution in [2.24, 2.45) is 5.92 Å². The Hall–Kier alpha value is -3.10. The Morgan fingerprint density at radius 1 is 1.23 bits per heavy atom. The van der Waals surface area contributed by atoms with E-state index in [0.29, 0.717) is 28.8 Å². The number of aromatic nitrogens is 1. The SMILES string of the molecule is CC(C)C[C@@H](CO)n1cc(/C=[N+](\[O-])O)c(=O)c2cc(Cc3cccc(Cl)c3F)c(OC(C)C)cc21. The molecule has 35 heavy (non-hydrogen) atoms. The largest absolute Gasteiger partial charge is 0.491 e. The lowest BCUT2D eigenvalue weighted by atomic mass is 9.98. The van der Waals surface area contributed by atoms with Gasteiger partial charge in [-0.2, -0.15) is 0 Å². The molecule has 3 rings (SSSR count). The molecular weight excluding hydrogens is 475 g/mol. The molecule has 9 heteroatoms. The van der Waals surface area contributed by atoms with Crippen LogP contribution in [0, 0.1) is 16.9 Å². The number of nitrogens with zero attached hydrogens (tertiary/aromatic N) is 2. The highest BCUT2D eigenvalue weighted by Gasteiger charge is 2.21. The number of fused-ring (bicyclic) bond motifs is 1. The van der Waals surface area contributed by atoms with Crippen molar-refractivity contribution < 1.29 is 24.3 Å². The molecule has 0 spiro atoms. The van der Waals surface area contributed by atoms with Gasteiger partial charge in [-0.3, -0.25) is 10.0 Å². The van der Waals surface area contributed by atoms with Gasteiger partial charge in [0.25, 0.3) is 0 Å². The maximum Gasteiger partial charge on any atom is 0.245 e. The average Bonchev–Trinajstić information content (AvgIpc) is 2.77. The van der Waals surface area contributed by atoms with Crippen LogP contribution in [0.1, 0.15) is 56.8 Å². The Bertz CT molecular complexity index is 1300. The Labute approximate surface area is 208 Å². The fourth-order valence-electron chi connectivity index (χ4n) is 4.17. The smallest absolute Gasteiger partial charge is 0.245 e. The summed E-state index contributed by atoms with van der Waals surface area (Å²) in [6.45, 7) is 7.54. The van der Waals surface area contributed by atoms with Crippen LogP contribution in [0.15, 0.2) is 41.3 Å². The van der Waals surface area contributed by atoms with Gasteiger partial charge < -0.3 is 19.6 Å². The Morgan fingerprint density at radius 3 is 2.54 bits per heavy atom. The molecule has 0 radical (unpaired) electrons. The van der Waals surface area contributed by atoms with Crippen molar-refractivity contribution in [2.75, 3.05) is 6.61 Å². The fraction of sp³-hybridized carbons (Fsp3) is 0.385. The summed E-state index contributed by atoms with van der Waals surface area (Å²) in [6.07, 6.45) is 2.74. The first-order chi connectivity index (χ1) is 16.5. The van der Waals surface area contributed by atoms with Crippen LogP contribution in [0.2, 0.25) is 5.02 Å². The number of aliphatic hydroxyl groups excluding tert-OH is 1. The van der Waals surface area contributed by atoms with Gasteiger partial charge in [-0.05, 0) is 49.4 Å². The summed E-state index contributed by atoms with van der Waals surface area (Å²) >= 11 is 5.96. The molecule has 0 aliphatic carbocycles. The first-order valence-electron chi connectivity index (χ1n) is 11.4. The van der Waals surface area contributed by atoms with E-state index < -0.39 is 22.2 Å². The highest BCUT2D eigenvalue weighted by atomic mass is 35.5. The average molecular weight is 505 g/mol. The van der Waals surface area contributed by atoms with E-state index in [-0.39, 0.29) is 41.0 Å². The van der Waals surface area contributed by atoms with Gasteiger partial charge in [-0.1, -0.05) is 37.6 Å². The third kappa shape index (κ3) is 6.13. The third-order valence-corrected chi connectivity index (χ3v) is 5.91. The third-order valence-electron chi connectivity index (χ3n) is 5.61. The van der Waals surface area contributed by atoms with Gasteiger partial charge in [0.05, 0.1) is 29.3 Å². The minimum atomic E-state index is -0.552. The molecule has 188 valence electrons. The summed E-state index contributed by atoms with van der Waals surface area (Å²) in [5, 5.41) is 30.9. The van der Waals surface area contributed by atoms with Crippen LogP contribution >= 0.6 is 11.6 Å². The van der Waals surface area contributed by atoms with Crippen molar-refractivity contribution in [2.45, 2.75) is 52.7 Å². The number of ether oxygens (including phenoxy) is 1. The van der Waals surface area contributed by atoms with Crippen molar-refractivity contribution in [3.63, 3.8) is 0 Å². The van der Waals surface area contributed by atoms with Crippen molar-refractivity contribution in [1.82, 2.24) is 4.57 Å². The lowest BCUT2D eigenvalue weighted by Gasteiger charge is -2.24. The molecule has 0 bridgehead atoms. The number of benzene rings is 2. The fourth-order valence-corrected chi connectivity index (χ4v) is 4.36. The van der Waals surface area contributed by atoms with E-state index in [0.717, 1.165) is 6.21 Å². The van der Waals surface area contributed by atoms with Gasteiger partial charge in [0.1, 0.15) is 17.1 Å². The first kappa shape index (κ1) is 26.5. The van der Waals surface area contributed by atoms with Crippen LogP contribution in [0.3, 0.4) is 0 Å². The molecule has 1 aromatic heterocycles. The molecule has 7 nitrogen and oxygen atoms in total. The van der Waals surface area contributed by atoms with E-state index in [9.17, 15) is 24.7 Å². The van der Waals surface area contributed by atoms with Crippen molar-refractivity contribution in [3.05, 3.63) is 79.5 Å². The van der Waals surface area contributed by atoms with Crippen LogP contribution in [-0.2, 0) is 6.42 Å². The van der Waals surface area contributed by atoms with Gasteiger partial charge in [0, 0.05) is 29.0 Å². The zero-order chi connectivity index (χ0) is 25.9. The van der Waals surface area contributed by atoms with Crippen LogP contribution in [0.5, 0.6) is 5.75 Å². The summed E-state index contributed by atoms with van der Waals surface area (Å²) in [4.78, 5) is 12.9. The molecule has 0 saturated carbocycles. The highest BCUT2D eigenvalue weighted by Crippen LogP contribution is 2.32. The molecule has 0 saturated heterocycles. The maximum atomic E-state index is 14.7. The molecule has 1 atom stereocenters. The summed E-state index contributed by atoms with van der Waals surface area (Å²) in [7, 11) is 0. The zero-order valence-electron chi connectivity index (χ0n) is 20.2. The molecule has 0 unspecified atom stereocenters. The molecule has 0 amide bonds. The Balaban J connectivity index is 2.34. The summed E-state index contributed by atoms with van der Waals surface area (Å²) in [5.74, 6) is 0.147.